The zero-order valence-corrected chi connectivity index (χ0v) is 20.2. The SMILES string of the molecule is [N-]=[N+]=N[C@H]1CC(Oc2ccn3ncnc(Nc4ccc5c(cnn5Cc5cccc(F)c5)c4)c23)CC[C@@H]1O. The second-order valence-electron chi connectivity index (χ2n) is 9.31. The minimum absolute atomic E-state index is 0.214. The van der Waals surface area contributed by atoms with E-state index in [4.69, 9.17) is 10.3 Å². The lowest BCUT2D eigenvalue weighted by Gasteiger charge is -2.30. The molecule has 2 N–H and O–H groups in total. The number of aliphatic hydroxyl groups is 1. The molecule has 0 saturated heterocycles. The number of aromatic nitrogens is 5. The van der Waals surface area contributed by atoms with Crippen LogP contribution in [0.5, 0.6) is 5.75 Å². The maximum absolute atomic E-state index is 13.6. The maximum Gasteiger partial charge on any atom is 0.162 e. The zero-order valence-electron chi connectivity index (χ0n) is 20.2. The molecule has 11 nitrogen and oxygen atoms in total. The minimum atomic E-state index is -0.662. The van der Waals surface area contributed by atoms with Gasteiger partial charge in [0, 0.05) is 28.2 Å². The number of halogens is 1. The van der Waals surface area contributed by atoms with Crippen LogP contribution in [0.3, 0.4) is 0 Å². The molecule has 1 aliphatic carbocycles. The Morgan fingerprint density at radius 2 is 2.11 bits per heavy atom. The van der Waals surface area contributed by atoms with Crippen molar-refractivity contribution in [3.63, 3.8) is 0 Å². The number of benzene rings is 2. The molecular weight excluding hydrogens is 489 g/mol. The van der Waals surface area contributed by atoms with Crippen LogP contribution in [0.1, 0.15) is 24.8 Å². The van der Waals surface area contributed by atoms with E-state index in [0.29, 0.717) is 42.9 Å². The molecule has 3 heterocycles. The van der Waals surface area contributed by atoms with Gasteiger partial charge >= 0.3 is 0 Å². The van der Waals surface area contributed by atoms with E-state index in [1.807, 2.05) is 35.0 Å². The van der Waals surface area contributed by atoms with Gasteiger partial charge in [0.15, 0.2) is 11.6 Å². The molecule has 1 aliphatic rings. The smallest absolute Gasteiger partial charge is 0.162 e. The monoisotopic (exact) mass is 513 g/mol. The molecule has 0 bridgehead atoms. The Morgan fingerprint density at radius 3 is 2.97 bits per heavy atom. The van der Waals surface area contributed by atoms with Gasteiger partial charge in [-0.25, -0.2) is 13.9 Å². The lowest BCUT2D eigenvalue weighted by Crippen LogP contribution is -2.37. The first-order chi connectivity index (χ1) is 18.6. The topological polar surface area (TPSA) is 138 Å². The molecule has 0 amide bonds. The number of rotatable bonds is 7. The molecule has 2 aromatic carbocycles. The van der Waals surface area contributed by atoms with Crippen LogP contribution in [0.4, 0.5) is 15.9 Å². The van der Waals surface area contributed by atoms with Crippen molar-refractivity contribution in [1.29, 1.82) is 0 Å². The maximum atomic E-state index is 13.6. The summed E-state index contributed by atoms with van der Waals surface area (Å²) in [5.74, 6) is 0.888. The molecule has 0 radical (unpaired) electrons. The Bertz CT molecular complexity index is 1660. The van der Waals surface area contributed by atoms with E-state index in [0.717, 1.165) is 22.2 Å². The Balaban J connectivity index is 1.24. The summed E-state index contributed by atoms with van der Waals surface area (Å²) in [5.41, 5.74) is 12.0. The number of aliphatic hydroxyl groups excluding tert-OH is 1. The average Bonchev–Trinajstić information content (AvgIpc) is 3.51. The van der Waals surface area contributed by atoms with Gasteiger partial charge in [-0.1, -0.05) is 17.2 Å². The summed E-state index contributed by atoms with van der Waals surface area (Å²) in [4.78, 5) is 7.30. The Kier molecular flexibility index (Phi) is 6.24. The Morgan fingerprint density at radius 1 is 1.18 bits per heavy atom. The van der Waals surface area contributed by atoms with Gasteiger partial charge in [-0.2, -0.15) is 10.2 Å². The first kappa shape index (κ1) is 23.7. The molecule has 1 saturated carbocycles. The van der Waals surface area contributed by atoms with E-state index in [1.54, 1.807) is 23.0 Å². The summed E-state index contributed by atoms with van der Waals surface area (Å²) in [6, 6.07) is 13.7. The van der Waals surface area contributed by atoms with Crippen molar-refractivity contribution in [2.24, 2.45) is 5.11 Å². The molecule has 1 unspecified atom stereocenters. The summed E-state index contributed by atoms with van der Waals surface area (Å²) in [6.45, 7) is 0.462. The van der Waals surface area contributed by atoms with E-state index in [-0.39, 0.29) is 11.9 Å². The fraction of sp³-hybridized carbons (Fsp3) is 0.269. The highest BCUT2D eigenvalue weighted by Gasteiger charge is 2.30. The van der Waals surface area contributed by atoms with Crippen molar-refractivity contribution in [2.75, 3.05) is 5.32 Å². The third kappa shape index (κ3) is 4.70. The second kappa shape index (κ2) is 10.0. The Hall–Kier alpha value is -4.67. The second-order valence-corrected chi connectivity index (χ2v) is 9.31. The van der Waals surface area contributed by atoms with Crippen LogP contribution < -0.4 is 10.1 Å². The van der Waals surface area contributed by atoms with Gasteiger partial charge in [-0.05, 0) is 60.7 Å². The van der Waals surface area contributed by atoms with Crippen molar-refractivity contribution in [3.8, 4) is 5.75 Å². The van der Waals surface area contributed by atoms with Gasteiger partial charge in [0.25, 0.3) is 0 Å². The Labute approximate surface area is 216 Å². The van der Waals surface area contributed by atoms with E-state index in [9.17, 15) is 9.50 Å². The number of anilines is 2. The molecule has 3 atom stereocenters. The molecule has 1 fully saturated rings. The summed E-state index contributed by atoms with van der Waals surface area (Å²) in [7, 11) is 0. The molecule has 38 heavy (non-hydrogen) atoms. The van der Waals surface area contributed by atoms with Crippen molar-refractivity contribution < 1.29 is 14.2 Å². The van der Waals surface area contributed by atoms with Crippen LogP contribution in [0.15, 0.2) is 72.4 Å². The van der Waals surface area contributed by atoms with E-state index < -0.39 is 12.1 Å². The average molecular weight is 514 g/mol. The van der Waals surface area contributed by atoms with Gasteiger partial charge in [-0.15, -0.1) is 0 Å². The van der Waals surface area contributed by atoms with E-state index in [2.05, 4.69) is 30.5 Å². The van der Waals surface area contributed by atoms with Crippen LogP contribution in [0.25, 0.3) is 26.9 Å². The van der Waals surface area contributed by atoms with Crippen LogP contribution >= 0.6 is 0 Å². The van der Waals surface area contributed by atoms with Gasteiger partial charge in [0.05, 0.1) is 36.5 Å². The molecular formula is C26H24FN9O2. The number of nitrogens with one attached hydrogen (secondary N) is 1. The van der Waals surface area contributed by atoms with E-state index >= 15 is 0 Å². The fourth-order valence-corrected chi connectivity index (χ4v) is 4.92. The third-order valence-electron chi connectivity index (χ3n) is 6.77. The standard InChI is InChI=1S/C26H24FN9O2/c27-18-3-1-2-16(10-18)14-36-22-6-4-19(11-17(22)13-30-36)32-26-25-24(8-9-35(25)31-15-29-26)38-20-5-7-23(37)21(12-20)33-34-28/h1-4,6,8-11,13,15,20-21,23,37H,5,7,12,14H2,(H,29,31,32)/t20?,21-,23-/m0/s1. The lowest BCUT2D eigenvalue weighted by molar-refractivity contribution is 0.0501. The molecule has 192 valence electrons. The summed E-state index contributed by atoms with van der Waals surface area (Å²) in [6.07, 6.45) is 5.72. The summed E-state index contributed by atoms with van der Waals surface area (Å²) < 4.78 is 23.4. The minimum Gasteiger partial charge on any atom is -0.488 e. The predicted octanol–water partition coefficient (Wildman–Crippen LogP) is 4.98. The van der Waals surface area contributed by atoms with Gasteiger partial charge < -0.3 is 15.2 Å². The quantitative estimate of drug-likeness (QED) is 0.179. The number of nitrogens with zero attached hydrogens (tertiary/aromatic N) is 8. The third-order valence-corrected chi connectivity index (χ3v) is 6.77. The number of ether oxygens (including phenoxy) is 1. The molecule has 3 aromatic heterocycles. The first-order valence-electron chi connectivity index (χ1n) is 12.3. The number of hydrogen-bond acceptors (Lipinski definition) is 7. The van der Waals surface area contributed by atoms with Crippen molar-refractivity contribution >= 4 is 27.9 Å². The lowest BCUT2D eigenvalue weighted by atomic mass is 9.91. The van der Waals surface area contributed by atoms with E-state index in [1.165, 1.54) is 18.5 Å². The van der Waals surface area contributed by atoms with Crippen molar-refractivity contribution in [1.82, 2.24) is 24.4 Å². The molecule has 6 rings (SSSR count). The summed E-state index contributed by atoms with van der Waals surface area (Å²) >= 11 is 0. The number of azide groups is 1. The highest BCUT2D eigenvalue weighted by molar-refractivity contribution is 5.86. The fourth-order valence-electron chi connectivity index (χ4n) is 4.92. The van der Waals surface area contributed by atoms with Gasteiger partial charge in [0.1, 0.15) is 17.7 Å². The van der Waals surface area contributed by atoms with Crippen LogP contribution in [0.2, 0.25) is 0 Å². The number of hydrogen-bond donors (Lipinski definition) is 2. The molecule has 12 heteroatoms. The van der Waals surface area contributed by atoms with Gasteiger partial charge in [-0.3, -0.25) is 4.68 Å². The largest absolute Gasteiger partial charge is 0.488 e. The van der Waals surface area contributed by atoms with Crippen LogP contribution in [-0.2, 0) is 6.54 Å². The highest BCUT2D eigenvalue weighted by atomic mass is 19.1. The van der Waals surface area contributed by atoms with Crippen molar-refractivity contribution in [3.05, 3.63) is 89.1 Å². The predicted molar refractivity (Wildman–Crippen MR) is 139 cm³/mol. The number of fused-ring (bicyclic) bond motifs is 2. The molecule has 0 aliphatic heterocycles. The normalized spacial score (nSPS) is 19.4. The van der Waals surface area contributed by atoms with Gasteiger partial charge in [0.2, 0.25) is 0 Å². The molecule has 5 aromatic rings. The zero-order chi connectivity index (χ0) is 26.1. The van der Waals surface area contributed by atoms with Crippen LogP contribution in [-0.4, -0.2) is 47.7 Å². The van der Waals surface area contributed by atoms with Crippen molar-refractivity contribution in [2.45, 2.75) is 44.1 Å². The van der Waals surface area contributed by atoms with Crippen LogP contribution in [0, 0.1) is 5.82 Å². The summed E-state index contributed by atoms with van der Waals surface area (Å²) in [5, 5.41) is 26.9. The highest BCUT2D eigenvalue weighted by Crippen LogP contribution is 2.33. The molecule has 0 spiro atoms. The first-order valence-corrected chi connectivity index (χ1v) is 12.3.